The Bertz CT molecular complexity index is 1080. The molecule has 5 nitrogen and oxygen atoms in total. The zero-order chi connectivity index (χ0) is 19.5. The van der Waals surface area contributed by atoms with E-state index in [0.29, 0.717) is 12.3 Å². The molecule has 0 radical (unpaired) electrons. The predicted molar refractivity (Wildman–Crippen MR) is 107 cm³/mol. The molecule has 2 aliphatic rings. The summed E-state index contributed by atoms with van der Waals surface area (Å²) in [5, 5.41) is 0. The fourth-order valence-electron chi connectivity index (χ4n) is 4.34. The number of aryl methyl sites for hydroxylation is 1. The highest BCUT2D eigenvalue weighted by Gasteiger charge is 2.53. The zero-order valence-corrected chi connectivity index (χ0v) is 16.4. The smallest absolute Gasteiger partial charge is 0.271 e. The highest BCUT2D eigenvalue weighted by molar-refractivity contribution is 5.96. The Hall–Kier alpha value is -2.92. The van der Waals surface area contributed by atoms with Gasteiger partial charge in [-0.1, -0.05) is 18.2 Å². The number of pyridine rings is 1. The quantitative estimate of drug-likeness (QED) is 0.695. The number of benzene rings is 1. The molecule has 5 heteroatoms. The van der Waals surface area contributed by atoms with Gasteiger partial charge in [0, 0.05) is 43.4 Å². The SMILES string of the molecule is COCc1cc2n(c1)-c1cc(-c3ccc(C)nc3)ccc1C1(CC1)N(C)C2=O. The molecule has 5 rings (SSSR count). The summed E-state index contributed by atoms with van der Waals surface area (Å²) < 4.78 is 7.34. The van der Waals surface area contributed by atoms with Crippen LogP contribution in [0.25, 0.3) is 16.8 Å². The Balaban J connectivity index is 1.73. The van der Waals surface area contributed by atoms with Crippen molar-refractivity contribution in [3.05, 3.63) is 71.3 Å². The summed E-state index contributed by atoms with van der Waals surface area (Å²) >= 11 is 0. The van der Waals surface area contributed by atoms with Crippen LogP contribution in [0.3, 0.4) is 0 Å². The largest absolute Gasteiger partial charge is 0.380 e. The standard InChI is InChI=1S/C23H23N3O2/c1-15-4-5-18(12-24-15)17-6-7-19-20(11-17)26-13-16(14-28-3)10-21(26)22(27)25(2)23(19)8-9-23/h4-7,10-13H,8-9,14H2,1-3H3. The molecule has 0 saturated heterocycles. The zero-order valence-electron chi connectivity index (χ0n) is 16.4. The van der Waals surface area contributed by atoms with E-state index in [1.165, 1.54) is 5.56 Å². The molecule has 0 bridgehead atoms. The average molecular weight is 373 g/mol. The first-order valence-electron chi connectivity index (χ1n) is 9.60. The van der Waals surface area contributed by atoms with E-state index in [1.54, 1.807) is 7.11 Å². The van der Waals surface area contributed by atoms with E-state index in [1.807, 2.05) is 48.0 Å². The molecule has 1 saturated carbocycles. The number of ether oxygens (including phenoxy) is 1. The molecule has 0 unspecified atom stereocenters. The highest BCUT2D eigenvalue weighted by atomic mass is 16.5. The Morgan fingerprint density at radius 1 is 1.14 bits per heavy atom. The third-order valence-electron chi connectivity index (χ3n) is 6.08. The molecule has 142 valence electrons. The van der Waals surface area contributed by atoms with Gasteiger partial charge < -0.3 is 14.2 Å². The second-order valence-electron chi connectivity index (χ2n) is 7.85. The minimum absolute atomic E-state index is 0.0644. The topological polar surface area (TPSA) is 47.4 Å². The maximum absolute atomic E-state index is 13.2. The lowest BCUT2D eigenvalue weighted by molar-refractivity contribution is 0.0705. The number of aromatic nitrogens is 2. The number of hydrogen-bond donors (Lipinski definition) is 0. The summed E-state index contributed by atoms with van der Waals surface area (Å²) in [7, 11) is 3.60. The van der Waals surface area contributed by atoms with Crippen LogP contribution >= 0.6 is 0 Å². The van der Waals surface area contributed by atoms with Gasteiger partial charge in [-0.25, -0.2) is 0 Å². The van der Waals surface area contributed by atoms with E-state index >= 15 is 0 Å². The first kappa shape index (κ1) is 17.2. The number of carbonyl (C=O) groups excluding carboxylic acids is 1. The van der Waals surface area contributed by atoms with Gasteiger partial charge in [0.1, 0.15) is 5.69 Å². The molecule has 28 heavy (non-hydrogen) atoms. The van der Waals surface area contributed by atoms with Gasteiger partial charge in [0.15, 0.2) is 0 Å². The van der Waals surface area contributed by atoms with Gasteiger partial charge in [-0.2, -0.15) is 0 Å². The number of hydrogen-bond acceptors (Lipinski definition) is 3. The van der Waals surface area contributed by atoms with E-state index < -0.39 is 0 Å². The first-order chi connectivity index (χ1) is 13.5. The molecule has 1 aromatic carbocycles. The molecule has 3 aromatic rings. The Labute approximate surface area is 164 Å². The predicted octanol–water partition coefficient (Wildman–Crippen LogP) is 4.07. The third-order valence-corrected chi connectivity index (χ3v) is 6.08. The number of nitrogens with zero attached hydrogens (tertiary/aromatic N) is 3. The summed E-state index contributed by atoms with van der Waals surface area (Å²) in [6.45, 7) is 2.47. The van der Waals surface area contributed by atoms with Crippen LogP contribution in [0.15, 0.2) is 48.8 Å². The van der Waals surface area contributed by atoms with Crippen molar-refractivity contribution in [2.75, 3.05) is 14.2 Å². The van der Waals surface area contributed by atoms with Gasteiger partial charge in [0.2, 0.25) is 0 Å². The minimum atomic E-state index is -0.184. The van der Waals surface area contributed by atoms with Crippen molar-refractivity contribution in [3.63, 3.8) is 0 Å². The molecule has 1 aliphatic carbocycles. The summed E-state index contributed by atoms with van der Waals surface area (Å²) in [5.41, 5.74) is 6.98. The Morgan fingerprint density at radius 2 is 1.93 bits per heavy atom. The maximum atomic E-state index is 13.2. The van der Waals surface area contributed by atoms with Gasteiger partial charge in [-0.05, 0) is 49.1 Å². The van der Waals surface area contributed by atoms with E-state index in [4.69, 9.17) is 4.74 Å². The molecule has 0 N–H and O–H groups in total. The number of rotatable bonds is 3. The lowest BCUT2D eigenvalue weighted by Gasteiger charge is -2.27. The van der Waals surface area contributed by atoms with Gasteiger partial charge >= 0.3 is 0 Å². The lowest BCUT2D eigenvalue weighted by atomic mass is 9.97. The Kier molecular flexibility index (Phi) is 3.71. The fourth-order valence-corrected chi connectivity index (χ4v) is 4.34. The van der Waals surface area contributed by atoms with Gasteiger partial charge in [-0.15, -0.1) is 0 Å². The third kappa shape index (κ3) is 2.43. The van der Waals surface area contributed by atoms with Crippen LogP contribution in [0.1, 0.15) is 40.2 Å². The Morgan fingerprint density at radius 3 is 2.61 bits per heavy atom. The molecule has 0 atom stereocenters. The van der Waals surface area contributed by atoms with Crippen LogP contribution in [0.5, 0.6) is 0 Å². The number of carbonyl (C=O) groups is 1. The van der Waals surface area contributed by atoms with Crippen LogP contribution in [0, 0.1) is 6.92 Å². The van der Waals surface area contributed by atoms with Gasteiger partial charge in [0.25, 0.3) is 5.91 Å². The second kappa shape index (κ2) is 6.04. The minimum Gasteiger partial charge on any atom is -0.380 e. The van der Waals surface area contributed by atoms with Crippen LogP contribution in [-0.4, -0.2) is 34.5 Å². The number of methoxy groups -OCH3 is 1. The average Bonchev–Trinajstić information content (AvgIpc) is 3.41. The molecular weight excluding hydrogens is 350 g/mol. The van der Waals surface area contributed by atoms with Crippen LogP contribution in [0.4, 0.5) is 0 Å². The van der Waals surface area contributed by atoms with E-state index in [9.17, 15) is 4.79 Å². The molecule has 1 fully saturated rings. The summed E-state index contributed by atoms with van der Waals surface area (Å²) in [4.78, 5) is 19.6. The molecule has 1 amide bonds. The first-order valence-corrected chi connectivity index (χ1v) is 9.60. The lowest BCUT2D eigenvalue weighted by Crippen LogP contribution is -2.36. The van der Waals surface area contributed by atoms with E-state index in [-0.39, 0.29) is 11.4 Å². The monoisotopic (exact) mass is 373 g/mol. The van der Waals surface area contributed by atoms with Crippen molar-refractivity contribution in [2.24, 2.45) is 0 Å². The van der Waals surface area contributed by atoms with Crippen LogP contribution < -0.4 is 0 Å². The van der Waals surface area contributed by atoms with Gasteiger partial charge in [0.05, 0.1) is 17.8 Å². The van der Waals surface area contributed by atoms with Crippen molar-refractivity contribution in [3.8, 4) is 16.8 Å². The fraction of sp³-hybridized carbons (Fsp3) is 0.304. The molecule has 2 aromatic heterocycles. The van der Waals surface area contributed by atoms with Crippen molar-refractivity contribution >= 4 is 5.91 Å². The molecular formula is C23H23N3O2. The van der Waals surface area contributed by atoms with Gasteiger partial charge in [-0.3, -0.25) is 9.78 Å². The summed E-state index contributed by atoms with van der Waals surface area (Å²) in [5.74, 6) is 0.0644. The number of amides is 1. The van der Waals surface area contributed by atoms with Crippen molar-refractivity contribution in [2.45, 2.75) is 31.9 Å². The van der Waals surface area contributed by atoms with Crippen LogP contribution in [0.2, 0.25) is 0 Å². The van der Waals surface area contributed by atoms with E-state index in [0.717, 1.165) is 40.9 Å². The summed E-state index contributed by atoms with van der Waals surface area (Å²) in [6.07, 6.45) is 5.94. The van der Waals surface area contributed by atoms with Crippen molar-refractivity contribution < 1.29 is 9.53 Å². The van der Waals surface area contributed by atoms with Crippen molar-refractivity contribution in [1.82, 2.24) is 14.5 Å². The summed E-state index contributed by atoms with van der Waals surface area (Å²) in [6, 6.07) is 12.6. The highest BCUT2D eigenvalue weighted by Crippen LogP contribution is 2.54. The number of fused-ring (bicyclic) bond motifs is 4. The normalized spacial score (nSPS) is 16.7. The van der Waals surface area contributed by atoms with Crippen LogP contribution in [-0.2, 0) is 16.9 Å². The van der Waals surface area contributed by atoms with Crippen molar-refractivity contribution in [1.29, 1.82) is 0 Å². The second-order valence-corrected chi connectivity index (χ2v) is 7.85. The maximum Gasteiger partial charge on any atom is 0.271 e. The van der Waals surface area contributed by atoms with E-state index in [2.05, 4.69) is 29.2 Å². The molecule has 1 spiro atoms. The molecule has 1 aliphatic heterocycles. The molecule has 3 heterocycles.